The van der Waals surface area contributed by atoms with Crippen molar-refractivity contribution in [3.8, 4) is 0 Å². The summed E-state index contributed by atoms with van der Waals surface area (Å²) in [7, 11) is 0. The second kappa shape index (κ2) is 11.3. The summed E-state index contributed by atoms with van der Waals surface area (Å²) in [6.07, 6.45) is -2.25. The van der Waals surface area contributed by atoms with Crippen LogP contribution in [-0.2, 0) is 0 Å². The molecule has 0 saturated carbocycles. The predicted molar refractivity (Wildman–Crippen MR) is 137 cm³/mol. The van der Waals surface area contributed by atoms with E-state index in [-0.39, 0.29) is 52.3 Å². The Morgan fingerprint density at radius 2 is 0.526 bits per heavy atom. The van der Waals surface area contributed by atoms with E-state index >= 15 is 0 Å². The second-order valence-electron chi connectivity index (χ2n) is 8.26. The Hall–Kier alpha value is -4.46. The van der Waals surface area contributed by atoms with Gasteiger partial charge in [0.1, 0.15) is 6.15 Å². The zero-order chi connectivity index (χ0) is 26.7. The molecule has 12 nitrogen and oxygen atoms in total. The SMILES string of the molecule is O=[N+]([O-])c1ccc([B-](c2ccc([N+](=O)[O-])cc2)(c2ccc([N+](=O)[O-])cc2)c2ccc([N+](=O)[O-])cc2)cc1.[Na+]. The normalized spacial score (nSPS) is 10.7. The first-order valence-corrected chi connectivity index (χ1v) is 10.8. The Bertz CT molecular complexity index is 1280. The molecule has 0 atom stereocenters. The van der Waals surface area contributed by atoms with E-state index in [1.54, 1.807) is 48.5 Å². The maximum absolute atomic E-state index is 11.3. The summed E-state index contributed by atoms with van der Waals surface area (Å²) >= 11 is 0. The minimum absolute atomic E-state index is 0. The molecule has 0 spiro atoms. The van der Waals surface area contributed by atoms with Crippen LogP contribution in [0.25, 0.3) is 0 Å². The van der Waals surface area contributed by atoms with Gasteiger partial charge in [-0.1, -0.05) is 48.5 Å². The fourth-order valence-corrected chi connectivity index (χ4v) is 4.69. The van der Waals surface area contributed by atoms with Gasteiger partial charge in [0.25, 0.3) is 22.7 Å². The molecule has 14 heteroatoms. The quantitative estimate of drug-likeness (QED) is 0.172. The molecule has 0 amide bonds. The van der Waals surface area contributed by atoms with Crippen molar-refractivity contribution in [1.82, 2.24) is 0 Å². The summed E-state index contributed by atoms with van der Waals surface area (Å²) in [6, 6.07) is 22.9. The number of non-ortho nitro benzene ring substituents is 4. The van der Waals surface area contributed by atoms with Gasteiger partial charge in [0, 0.05) is 48.5 Å². The number of nitrogens with zero attached hydrogens (tertiary/aromatic N) is 4. The summed E-state index contributed by atoms with van der Waals surface area (Å²) in [5.41, 5.74) is 1.58. The summed E-state index contributed by atoms with van der Waals surface area (Å²) in [4.78, 5) is 43.0. The van der Waals surface area contributed by atoms with Gasteiger partial charge in [0.2, 0.25) is 0 Å². The molecule has 0 fully saturated rings. The van der Waals surface area contributed by atoms with E-state index in [1.165, 1.54) is 48.5 Å². The molecule has 0 saturated heterocycles. The average Bonchev–Trinajstić information content (AvgIpc) is 2.90. The molecule has 0 unspecified atom stereocenters. The van der Waals surface area contributed by atoms with Gasteiger partial charge in [-0.15, -0.1) is 0 Å². The topological polar surface area (TPSA) is 173 Å². The summed E-state index contributed by atoms with van der Waals surface area (Å²) in [6.45, 7) is 0. The third-order valence-electron chi connectivity index (χ3n) is 6.42. The molecule has 0 N–H and O–H groups in total. The van der Waals surface area contributed by atoms with E-state index in [2.05, 4.69) is 0 Å². The molecular formula is C24H16BN4NaO8. The van der Waals surface area contributed by atoms with Gasteiger partial charge < -0.3 is 0 Å². The largest absolute Gasteiger partial charge is 1.00 e. The van der Waals surface area contributed by atoms with Crippen LogP contribution in [0.1, 0.15) is 0 Å². The number of nitro benzene ring substituents is 4. The van der Waals surface area contributed by atoms with Gasteiger partial charge in [-0.2, -0.15) is 21.9 Å². The first-order valence-electron chi connectivity index (χ1n) is 10.8. The van der Waals surface area contributed by atoms with Crippen LogP contribution in [0.15, 0.2) is 97.1 Å². The van der Waals surface area contributed by atoms with E-state index in [4.69, 9.17) is 0 Å². The van der Waals surface area contributed by atoms with Crippen molar-refractivity contribution < 1.29 is 49.3 Å². The van der Waals surface area contributed by atoms with Gasteiger partial charge in [-0.25, -0.2) is 0 Å². The first-order chi connectivity index (χ1) is 17.6. The van der Waals surface area contributed by atoms with Crippen molar-refractivity contribution in [2.24, 2.45) is 0 Å². The molecule has 0 bridgehead atoms. The molecule has 0 aromatic heterocycles. The molecule has 4 aromatic rings. The Kier molecular flexibility index (Phi) is 8.36. The van der Waals surface area contributed by atoms with Crippen molar-refractivity contribution >= 4 is 50.7 Å². The third kappa shape index (κ3) is 5.16. The van der Waals surface area contributed by atoms with Gasteiger partial charge in [0.05, 0.1) is 19.7 Å². The number of nitro groups is 4. The van der Waals surface area contributed by atoms with Gasteiger partial charge >= 0.3 is 29.6 Å². The molecule has 0 aliphatic heterocycles. The average molecular weight is 522 g/mol. The standard InChI is InChI=1S/C24H16BN4O8.Na/c30-26(31)21-9-1-17(2-10-21)25(18-3-11-22(12-4-18)27(32)33,19-5-13-23(14-6-19)28(34)35)20-7-15-24(16-8-20)29(36)37;/h1-16H;/q-1;+1. The molecule has 4 rings (SSSR count). The smallest absolute Gasteiger partial charge is 0.258 e. The maximum Gasteiger partial charge on any atom is 1.00 e. The van der Waals surface area contributed by atoms with E-state index in [9.17, 15) is 40.5 Å². The van der Waals surface area contributed by atoms with E-state index < -0.39 is 25.8 Å². The minimum atomic E-state index is -2.25. The van der Waals surface area contributed by atoms with Crippen molar-refractivity contribution in [3.05, 3.63) is 138 Å². The third-order valence-corrected chi connectivity index (χ3v) is 6.42. The molecule has 0 radical (unpaired) electrons. The van der Waals surface area contributed by atoms with E-state index in [0.717, 1.165) is 0 Å². The molecule has 0 aliphatic carbocycles. The van der Waals surface area contributed by atoms with Crippen molar-refractivity contribution in [3.63, 3.8) is 0 Å². The number of hydrogen-bond acceptors (Lipinski definition) is 8. The van der Waals surface area contributed by atoms with Crippen molar-refractivity contribution in [2.75, 3.05) is 0 Å². The fraction of sp³-hybridized carbons (Fsp3) is 0. The summed E-state index contributed by atoms with van der Waals surface area (Å²) in [5, 5.41) is 45.2. The van der Waals surface area contributed by atoms with Crippen LogP contribution in [0.5, 0.6) is 0 Å². The molecule has 0 aliphatic rings. The molecule has 4 aromatic carbocycles. The summed E-state index contributed by atoms with van der Waals surface area (Å²) in [5.74, 6) is 0. The van der Waals surface area contributed by atoms with Gasteiger partial charge in [-0.3, -0.25) is 40.5 Å². The number of rotatable bonds is 8. The zero-order valence-electron chi connectivity index (χ0n) is 19.9. The molecule has 38 heavy (non-hydrogen) atoms. The fourth-order valence-electron chi connectivity index (χ4n) is 4.69. The second-order valence-corrected chi connectivity index (χ2v) is 8.26. The first kappa shape index (κ1) is 28.1. The monoisotopic (exact) mass is 522 g/mol. The Balaban J connectivity index is 0.00000400. The summed E-state index contributed by atoms with van der Waals surface area (Å²) < 4.78 is 0. The van der Waals surface area contributed by atoms with Crippen LogP contribution in [0.2, 0.25) is 0 Å². The molecule has 0 heterocycles. The Morgan fingerprint density at radius 3 is 0.658 bits per heavy atom. The van der Waals surface area contributed by atoms with Crippen LogP contribution in [0.3, 0.4) is 0 Å². The van der Waals surface area contributed by atoms with E-state index in [1.807, 2.05) is 0 Å². The van der Waals surface area contributed by atoms with Gasteiger partial charge in [0.15, 0.2) is 0 Å². The van der Waals surface area contributed by atoms with Crippen molar-refractivity contribution in [2.45, 2.75) is 0 Å². The van der Waals surface area contributed by atoms with Crippen LogP contribution in [-0.4, -0.2) is 25.8 Å². The maximum atomic E-state index is 11.3. The van der Waals surface area contributed by atoms with E-state index in [0.29, 0.717) is 21.9 Å². The molecular weight excluding hydrogens is 506 g/mol. The Morgan fingerprint density at radius 1 is 0.368 bits per heavy atom. The number of benzene rings is 4. The van der Waals surface area contributed by atoms with Crippen LogP contribution in [0.4, 0.5) is 22.7 Å². The van der Waals surface area contributed by atoms with Crippen LogP contribution in [0, 0.1) is 40.5 Å². The Labute approximate surface area is 236 Å². The molecule has 184 valence electrons. The van der Waals surface area contributed by atoms with Crippen LogP contribution < -0.4 is 51.4 Å². The predicted octanol–water partition coefficient (Wildman–Crippen LogP) is -0.299. The zero-order valence-corrected chi connectivity index (χ0v) is 21.9. The minimum Gasteiger partial charge on any atom is -0.258 e. The van der Waals surface area contributed by atoms with Crippen LogP contribution >= 0.6 is 0 Å². The van der Waals surface area contributed by atoms with Gasteiger partial charge in [-0.05, 0) is 0 Å². The van der Waals surface area contributed by atoms with Crippen molar-refractivity contribution in [1.29, 1.82) is 0 Å². The number of hydrogen-bond donors (Lipinski definition) is 0.